The molecule has 0 saturated carbocycles. The molecule has 4 heteroatoms. The van der Waals surface area contributed by atoms with Crippen LogP contribution >= 0.6 is 11.6 Å². The Morgan fingerprint density at radius 2 is 1.43 bits per heavy atom. The van der Waals surface area contributed by atoms with Crippen molar-refractivity contribution in [3.05, 3.63) is 99.1 Å². The topological polar surface area (TPSA) is 46.2 Å². The third-order valence-corrected chi connectivity index (χ3v) is 5.47. The smallest absolute Gasteiger partial charge is 0.196 e. The summed E-state index contributed by atoms with van der Waals surface area (Å²) in [6, 6.07) is 18.7. The zero-order valence-electron chi connectivity index (χ0n) is 15.8. The molecule has 1 aliphatic carbocycles. The Labute approximate surface area is 169 Å². The van der Waals surface area contributed by atoms with Crippen molar-refractivity contribution in [2.75, 3.05) is 5.32 Å². The van der Waals surface area contributed by atoms with Gasteiger partial charge in [-0.15, -0.1) is 0 Å². The first-order chi connectivity index (χ1) is 13.5. The van der Waals surface area contributed by atoms with Crippen molar-refractivity contribution in [1.82, 2.24) is 0 Å². The van der Waals surface area contributed by atoms with Crippen LogP contribution in [0.25, 0.3) is 0 Å². The number of halogens is 1. The highest BCUT2D eigenvalue weighted by Gasteiger charge is 2.33. The zero-order valence-corrected chi connectivity index (χ0v) is 16.5. The van der Waals surface area contributed by atoms with Crippen molar-refractivity contribution in [2.45, 2.75) is 26.3 Å². The van der Waals surface area contributed by atoms with Crippen LogP contribution in [0.5, 0.6) is 0 Å². The number of benzene rings is 3. The fourth-order valence-electron chi connectivity index (χ4n) is 3.56. The van der Waals surface area contributed by atoms with Crippen molar-refractivity contribution >= 4 is 28.9 Å². The molecule has 1 N–H and O–H groups in total. The number of nitrogens with one attached hydrogen (secondary N) is 1. The lowest BCUT2D eigenvalue weighted by molar-refractivity contribution is 0.0979. The number of carbonyl (C=O) groups excluding carboxylic acids is 2. The lowest BCUT2D eigenvalue weighted by Gasteiger charge is -2.21. The summed E-state index contributed by atoms with van der Waals surface area (Å²) < 4.78 is 0. The maximum absolute atomic E-state index is 13.1. The Hall–Kier alpha value is -2.91. The van der Waals surface area contributed by atoms with Gasteiger partial charge < -0.3 is 5.32 Å². The average Bonchev–Trinajstić information content (AvgIpc) is 2.70. The highest BCUT2D eigenvalue weighted by atomic mass is 35.5. The average molecular weight is 390 g/mol. The molecule has 0 bridgehead atoms. The molecule has 3 aromatic rings. The van der Waals surface area contributed by atoms with Crippen molar-refractivity contribution in [3.8, 4) is 0 Å². The van der Waals surface area contributed by atoms with E-state index in [1.54, 1.807) is 30.3 Å². The van der Waals surface area contributed by atoms with E-state index in [2.05, 4.69) is 43.4 Å². The molecule has 0 aromatic heterocycles. The van der Waals surface area contributed by atoms with Crippen LogP contribution in [0.4, 0.5) is 5.69 Å². The second-order valence-corrected chi connectivity index (χ2v) is 7.71. The molecular formula is C24H20ClNO2. The molecule has 0 saturated heterocycles. The van der Waals surface area contributed by atoms with Crippen LogP contribution in [0, 0.1) is 0 Å². The standard InChI is InChI=1S/C24H20ClNO2/c1-14(2)16-11-9-15(10-12-16)13-26-20-8-4-6-18-22(20)24(28)17-5-3-7-19(25)21(17)23(18)27/h3-12,14,26H,13H2,1-2H3. The Morgan fingerprint density at radius 1 is 0.821 bits per heavy atom. The molecule has 1 aliphatic rings. The summed E-state index contributed by atoms with van der Waals surface area (Å²) in [5.41, 5.74) is 4.53. The minimum absolute atomic E-state index is 0.176. The summed E-state index contributed by atoms with van der Waals surface area (Å²) in [5, 5.41) is 3.64. The van der Waals surface area contributed by atoms with Crippen molar-refractivity contribution < 1.29 is 9.59 Å². The Bertz CT molecular complexity index is 1080. The van der Waals surface area contributed by atoms with E-state index in [-0.39, 0.29) is 11.6 Å². The molecule has 0 amide bonds. The van der Waals surface area contributed by atoms with E-state index >= 15 is 0 Å². The minimum atomic E-state index is -0.208. The molecule has 0 radical (unpaired) electrons. The van der Waals surface area contributed by atoms with Gasteiger partial charge in [0.25, 0.3) is 0 Å². The number of fused-ring (bicyclic) bond motifs is 2. The third kappa shape index (κ3) is 3.12. The maximum Gasteiger partial charge on any atom is 0.196 e. The predicted molar refractivity (Wildman–Crippen MR) is 113 cm³/mol. The van der Waals surface area contributed by atoms with Crippen molar-refractivity contribution in [1.29, 1.82) is 0 Å². The van der Waals surface area contributed by atoms with Crippen LogP contribution in [0.1, 0.15) is 62.7 Å². The van der Waals surface area contributed by atoms with E-state index in [0.717, 1.165) is 5.56 Å². The number of hydrogen-bond donors (Lipinski definition) is 1. The molecule has 0 unspecified atom stereocenters. The maximum atomic E-state index is 13.1. The number of hydrogen-bond acceptors (Lipinski definition) is 3. The molecule has 0 aliphatic heterocycles. The van der Waals surface area contributed by atoms with Gasteiger partial charge in [-0.3, -0.25) is 9.59 Å². The van der Waals surface area contributed by atoms with E-state index in [0.29, 0.717) is 45.4 Å². The summed E-state index contributed by atoms with van der Waals surface area (Å²) in [7, 11) is 0. The van der Waals surface area contributed by atoms with E-state index in [4.69, 9.17) is 11.6 Å². The highest BCUT2D eigenvalue weighted by molar-refractivity contribution is 6.39. The van der Waals surface area contributed by atoms with Crippen LogP contribution in [0.3, 0.4) is 0 Å². The van der Waals surface area contributed by atoms with Gasteiger partial charge in [0.1, 0.15) is 0 Å². The number of rotatable bonds is 4. The van der Waals surface area contributed by atoms with Crippen LogP contribution in [0.2, 0.25) is 5.02 Å². The first-order valence-corrected chi connectivity index (χ1v) is 9.69. The molecule has 0 heterocycles. The largest absolute Gasteiger partial charge is 0.380 e. The molecule has 0 atom stereocenters. The first-order valence-electron chi connectivity index (χ1n) is 9.31. The highest BCUT2D eigenvalue weighted by Crippen LogP contribution is 2.35. The molecule has 3 aromatic carbocycles. The predicted octanol–water partition coefficient (Wildman–Crippen LogP) is 5.85. The van der Waals surface area contributed by atoms with E-state index < -0.39 is 0 Å². The summed E-state index contributed by atoms with van der Waals surface area (Å²) in [6.07, 6.45) is 0. The van der Waals surface area contributed by atoms with E-state index in [9.17, 15) is 9.59 Å². The summed E-state index contributed by atoms with van der Waals surface area (Å²) in [6.45, 7) is 4.89. The van der Waals surface area contributed by atoms with Crippen molar-refractivity contribution in [3.63, 3.8) is 0 Å². The van der Waals surface area contributed by atoms with Gasteiger partial charge in [-0.2, -0.15) is 0 Å². The second-order valence-electron chi connectivity index (χ2n) is 7.30. The van der Waals surface area contributed by atoms with Gasteiger partial charge in [0.15, 0.2) is 11.6 Å². The normalized spacial score (nSPS) is 12.7. The van der Waals surface area contributed by atoms with Crippen LogP contribution in [0.15, 0.2) is 60.7 Å². The summed E-state index contributed by atoms with van der Waals surface area (Å²) in [4.78, 5) is 26.0. The molecule has 140 valence electrons. The second kappa shape index (κ2) is 7.25. The van der Waals surface area contributed by atoms with E-state index in [1.807, 2.05) is 6.07 Å². The van der Waals surface area contributed by atoms with Crippen molar-refractivity contribution in [2.24, 2.45) is 0 Å². The van der Waals surface area contributed by atoms with Gasteiger partial charge in [0.05, 0.1) is 16.1 Å². The Balaban J connectivity index is 1.66. The fourth-order valence-corrected chi connectivity index (χ4v) is 3.82. The lowest BCUT2D eigenvalue weighted by atomic mass is 9.83. The molecule has 28 heavy (non-hydrogen) atoms. The number of carbonyl (C=O) groups is 2. The summed E-state index contributed by atoms with van der Waals surface area (Å²) in [5.74, 6) is 0.101. The SMILES string of the molecule is CC(C)c1ccc(CNc2cccc3c2C(=O)c2cccc(Cl)c2C3=O)cc1. The number of anilines is 1. The molecule has 3 nitrogen and oxygen atoms in total. The van der Waals surface area contributed by atoms with E-state index in [1.165, 1.54) is 5.56 Å². The Morgan fingerprint density at radius 3 is 2.11 bits per heavy atom. The monoisotopic (exact) mass is 389 g/mol. The Kier molecular flexibility index (Phi) is 4.78. The quantitative estimate of drug-likeness (QED) is 0.476. The molecule has 0 spiro atoms. The van der Waals surface area contributed by atoms with Gasteiger partial charge in [-0.05, 0) is 29.2 Å². The zero-order chi connectivity index (χ0) is 19.8. The van der Waals surface area contributed by atoms with Gasteiger partial charge in [0.2, 0.25) is 0 Å². The fraction of sp³-hybridized carbons (Fsp3) is 0.167. The molecule has 4 rings (SSSR count). The van der Waals surface area contributed by atoms with Gasteiger partial charge >= 0.3 is 0 Å². The van der Waals surface area contributed by atoms with Crippen LogP contribution in [-0.2, 0) is 6.54 Å². The first kappa shape index (κ1) is 18.5. The van der Waals surface area contributed by atoms with Gasteiger partial charge in [0, 0.05) is 23.4 Å². The van der Waals surface area contributed by atoms with Gasteiger partial charge in [-0.25, -0.2) is 0 Å². The van der Waals surface area contributed by atoms with Gasteiger partial charge in [-0.1, -0.05) is 74.0 Å². The lowest BCUT2D eigenvalue weighted by Crippen LogP contribution is -2.23. The van der Waals surface area contributed by atoms with Crippen LogP contribution < -0.4 is 5.32 Å². The summed E-state index contributed by atoms with van der Waals surface area (Å²) >= 11 is 6.20. The third-order valence-electron chi connectivity index (χ3n) is 5.15. The molecular weight excluding hydrogens is 370 g/mol. The number of ketones is 2. The minimum Gasteiger partial charge on any atom is -0.380 e. The van der Waals surface area contributed by atoms with Crippen LogP contribution in [-0.4, -0.2) is 11.6 Å². The molecule has 0 fully saturated rings.